The zero-order chi connectivity index (χ0) is 13.5. The lowest BCUT2D eigenvalue weighted by molar-refractivity contribution is -0.123. The molecule has 0 aliphatic carbocycles. The van der Waals surface area contributed by atoms with Gasteiger partial charge >= 0.3 is 0 Å². The molecule has 0 heterocycles. The van der Waals surface area contributed by atoms with Gasteiger partial charge in [-0.1, -0.05) is 15.9 Å². The second-order valence-corrected chi connectivity index (χ2v) is 4.69. The summed E-state index contributed by atoms with van der Waals surface area (Å²) >= 11 is 3.34. The summed E-state index contributed by atoms with van der Waals surface area (Å²) in [6.07, 6.45) is 0. The SMILES string of the molecule is COCCNC(=O)COc1c(C)cc(Br)cc1N. The summed E-state index contributed by atoms with van der Waals surface area (Å²) in [5, 5.41) is 2.67. The van der Waals surface area contributed by atoms with Crippen LogP contribution in [0.1, 0.15) is 5.56 Å². The smallest absolute Gasteiger partial charge is 0.258 e. The van der Waals surface area contributed by atoms with Crippen LogP contribution in [0, 0.1) is 6.92 Å². The van der Waals surface area contributed by atoms with Gasteiger partial charge in [-0.2, -0.15) is 0 Å². The van der Waals surface area contributed by atoms with Gasteiger partial charge < -0.3 is 20.5 Å². The first-order valence-electron chi connectivity index (χ1n) is 5.48. The maximum Gasteiger partial charge on any atom is 0.258 e. The Labute approximate surface area is 115 Å². The van der Waals surface area contributed by atoms with E-state index in [1.165, 1.54) is 0 Å². The van der Waals surface area contributed by atoms with Crippen LogP contribution in [-0.4, -0.2) is 32.8 Å². The van der Waals surface area contributed by atoms with Gasteiger partial charge in [0.2, 0.25) is 0 Å². The molecule has 0 aliphatic heterocycles. The number of carbonyl (C=O) groups is 1. The number of aryl methyl sites for hydroxylation is 1. The van der Waals surface area contributed by atoms with Crippen LogP contribution in [0.25, 0.3) is 0 Å². The molecule has 1 aromatic carbocycles. The van der Waals surface area contributed by atoms with Gasteiger partial charge in [0.1, 0.15) is 5.75 Å². The van der Waals surface area contributed by atoms with Crippen molar-refractivity contribution in [2.75, 3.05) is 32.6 Å². The monoisotopic (exact) mass is 316 g/mol. The van der Waals surface area contributed by atoms with Crippen molar-refractivity contribution in [3.05, 3.63) is 22.2 Å². The zero-order valence-corrected chi connectivity index (χ0v) is 12.0. The normalized spacial score (nSPS) is 10.2. The van der Waals surface area contributed by atoms with Crippen LogP contribution < -0.4 is 15.8 Å². The molecule has 0 aromatic heterocycles. The molecule has 1 rings (SSSR count). The first kappa shape index (κ1) is 14.8. The number of benzene rings is 1. The van der Waals surface area contributed by atoms with E-state index in [1.54, 1.807) is 13.2 Å². The van der Waals surface area contributed by atoms with Gasteiger partial charge in [-0.3, -0.25) is 4.79 Å². The Balaban J connectivity index is 2.51. The number of ether oxygens (including phenoxy) is 2. The fraction of sp³-hybridized carbons (Fsp3) is 0.417. The van der Waals surface area contributed by atoms with Crippen molar-refractivity contribution in [1.29, 1.82) is 0 Å². The van der Waals surface area contributed by atoms with Crippen LogP contribution in [0.2, 0.25) is 0 Å². The highest BCUT2D eigenvalue weighted by molar-refractivity contribution is 9.10. The summed E-state index contributed by atoms with van der Waals surface area (Å²) in [5.41, 5.74) is 7.21. The Morgan fingerprint density at radius 3 is 2.83 bits per heavy atom. The molecule has 0 unspecified atom stereocenters. The van der Waals surface area contributed by atoms with Gasteiger partial charge in [-0.25, -0.2) is 0 Å². The number of nitrogens with one attached hydrogen (secondary N) is 1. The van der Waals surface area contributed by atoms with Crippen molar-refractivity contribution in [3.63, 3.8) is 0 Å². The van der Waals surface area contributed by atoms with Crippen molar-refractivity contribution in [2.45, 2.75) is 6.92 Å². The number of hydrogen-bond donors (Lipinski definition) is 2. The molecule has 1 aromatic rings. The van der Waals surface area contributed by atoms with E-state index in [2.05, 4.69) is 21.2 Å². The Kier molecular flexibility index (Phi) is 5.94. The second-order valence-electron chi connectivity index (χ2n) is 3.77. The first-order valence-corrected chi connectivity index (χ1v) is 6.28. The largest absolute Gasteiger partial charge is 0.481 e. The number of nitrogen functional groups attached to an aromatic ring is 1. The molecule has 6 heteroatoms. The van der Waals surface area contributed by atoms with E-state index >= 15 is 0 Å². The third kappa shape index (κ3) is 4.54. The topological polar surface area (TPSA) is 73.6 Å². The van der Waals surface area contributed by atoms with Crippen LogP contribution in [0.3, 0.4) is 0 Å². The number of halogens is 1. The molecule has 3 N–H and O–H groups in total. The molecule has 0 aliphatic rings. The lowest BCUT2D eigenvalue weighted by Gasteiger charge is -2.12. The highest BCUT2D eigenvalue weighted by Crippen LogP contribution is 2.29. The molecular weight excluding hydrogens is 300 g/mol. The Bertz CT molecular complexity index is 401. The maximum atomic E-state index is 11.4. The summed E-state index contributed by atoms with van der Waals surface area (Å²) in [4.78, 5) is 11.4. The Morgan fingerprint density at radius 1 is 1.50 bits per heavy atom. The summed E-state index contributed by atoms with van der Waals surface area (Å²) < 4.78 is 11.1. The predicted molar refractivity (Wildman–Crippen MR) is 73.7 cm³/mol. The summed E-state index contributed by atoms with van der Waals surface area (Å²) in [6.45, 7) is 2.76. The van der Waals surface area contributed by atoms with Crippen molar-refractivity contribution in [1.82, 2.24) is 5.32 Å². The molecule has 18 heavy (non-hydrogen) atoms. The van der Waals surface area contributed by atoms with Crippen LogP contribution in [0.4, 0.5) is 5.69 Å². The van der Waals surface area contributed by atoms with Crippen LogP contribution >= 0.6 is 15.9 Å². The minimum atomic E-state index is -0.200. The quantitative estimate of drug-likeness (QED) is 0.616. The predicted octanol–water partition coefficient (Wildman–Crippen LogP) is 1.48. The maximum absolute atomic E-state index is 11.4. The van der Waals surface area contributed by atoms with Crippen molar-refractivity contribution in [2.24, 2.45) is 0 Å². The van der Waals surface area contributed by atoms with Crippen molar-refractivity contribution >= 4 is 27.5 Å². The minimum Gasteiger partial charge on any atom is -0.481 e. The second kappa shape index (κ2) is 7.23. The number of anilines is 1. The molecule has 0 atom stereocenters. The molecule has 100 valence electrons. The zero-order valence-electron chi connectivity index (χ0n) is 10.5. The first-order chi connectivity index (χ1) is 8.54. The van der Waals surface area contributed by atoms with E-state index in [0.717, 1.165) is 10.0 Å². The Morgan fingerprint density at radius 2 is 2.22 bits per heavy atom. The molecule has 0 saturated heterocycles. The highest BCUT2D eigenvalue weighted by atomic mass is 79.9. The number of rotatable bonds is 6. The number of nitrogens with two attached hydrogens (primary N) is 1. The van der Waals surface area contributed by atoms with Gasteiger partial charge in [-0.15, -0.1) is 0 Å². The van der Waals surface area contributed by atoms with E-state index in [0.29, 0.717) is 24.6 Å². The molecule has 0 radical (unpaired) electrons. The fourth-order valence-corrected chi connectivity index (χ4v) is 2.02. The number of hydrogen-bond acceptors (Lipinski definition) is 4. The number of carbonyl (C=O) groups excluding carboxylic acids is 1. The summed E-state index contributed by atoms with van der Waals surface area (Å²) in [6, 6.07) is 3.62. The van der Waals surface area contributed by atoms with Gasteiger partial charge in [0.05, 0.1) is 12.3 Å². The average Bonchev–Trinajstić information content (AvgIpc) is 2.27. The van der Waals surface area contributed by atoms with E-state index < -0.39 is 0 Å². The molecule has 0 spiro atoms. The highest BCUT2D eigenvalue weighted by Gasteiger charge is 2.08. The Hall–Kier alpha value is -1.27. The molecule has 0 bridgehead atoms. The van der Waals surface area contributed by atoms with E-state index in [-0.39, 0.29) is 12.5 Å². The molecular formula is C12H17BrN2O3. The van der Waals surface area contributed by atoms with Gasteiger partial charge in [0, 0.05) is 18.1 Å². The number of methoxy groups -OCH3 is 1. The molecule has 5 nitrogen and oxygen atoms in total. The van der Waals surface area contributed by atoms with Crippen LogP contribution in [0.5, 0.6) is 5.75 Å². The lowest BCUT2D eigenvalue weighted by Crippen LogP contribution is -2.31. The lowest BCUT2D eigenvalue weighted by atomic mass is 10.2. The van der Waals surface area contributed by atoms with Crippen molar-refractivity contribution < 1.29 is 14.3 Å². The van der Waals surface area contributed by atoms with Crippen molar-refractivity contribution in [3.8, 4) is 5.75 Å². The standard InChI is InChI=1S/C12H17BrN2O3/c1-8-5-9(13)6-10(14)12(8)18-7-11(16)15-3-4-17-2/h5-6H,3-4,7,14H2,1-2H3,(H,15,16). The van der Waals surface area contributed by atoms with Crippen LogP contribution in [-0.2, 0) is 9.53 Å². The fourth-order valence-electron chi connectivity index (χ4n) is 1.43. The van der Waals surface area contributed by atoms with Gasteiger partial charge in [0.15, 0.2) is 6.61 Å². The summed E-state index contributed by atoms with van der Waals surface area (Å²) in [5.74, 6) is 0.342. The third-order valence-electron chi connectivity index (χ3n) is 2.24. The van der Waals surface area contributed by atoms with E-state index in [9.17, 15) is 4.79 Å². The van der Waals surface area contributed by atoms with E-state index in [1.807, 2.05) is 13.0 Å². The minimum absolute atomic E-state index is 0.0591. The average molecular weight is 317 g/mol. The summed E-state index contributed by atoms with van der Waals surface area (Å²) in [7, 11) is 1.58. The molecule has 0 saturated carbocycles. The van der Waals surface area contributed by atoms with Gasteiger partial charge in [0.25, 0.3) is 5.91 Å². The van der Waals surface area contributed by atoms with E-state index in [4.69, 9.17) is 15.2 Å². The van der Waals surface area contributed by atoms with Crippen LogP contribution in [0.15, 0.2) is 16.6 Å². The molecule has 0 fully saturated rings. The van der Waals surface area contributed by atoms with Gasteiger partial charge in [-0.05, 0) is 24.6 Å². The number of amides is 1. The third-order valence-corrected chi connectivity index (χ3v) is 2.70. The molecule has 1 amide bonds.